The molecule has 4 rings (SSSR count). The van der Waals surface area contributed by atoms with Crippen molar-refractivity contribution in [3.8, 4) is 5.69 Å². The second-order valence-corrected chi connectivity index (χ2v) is 5.86. The van der Waals surface area contributed by atoms with E-state index in [1.807, 2.05) is 30.3 Å². The van der Waals surface area contributed by atoms with E-state index in [1.165, 1.54) is 41.4 Å². The van der Waals surface area contributed by atoms with Gasteiger partial charge in [0.2, 0.25) is 5.91 Å². The highest BCUT2D eigenvalue weighted by atomic mass is 19.1. The van der Waals surface area contributed by atoms with Crippen molar-refractivity contribution >= 4 is 22.6 Å². The van der Waals surface area contributed by atoms with Crippen molar-refractivity contribution in [1.29, 1.82) is 0 Å². The first-order valence-corrected chi connectivity index (χ1v) is 8.16. The number of para-hydroxylation sites is 1. The van der Waals surface area contributed by atoms with Crippen LogP contribution in [0.2, 0.25) is 0 Å². The van der Waals surface area contributed by atoms with E-state index in [0.717, 1.165) is 5.69 Å². The third-order valence-corrected chi connectivity index (χ3v) is 4.00. The zero-order valence-electron chi connectivity index (χ0n) is 14.0. The molecule has 4 aromatic rings. The molecule has 27 heavy (non-hydrogen) atoms. The summed E-state index contributed by atoms with van der Waals surface area (Å²) in [6.07, 6.45) is 2.75. The first-order valence-electron chi connectivity index (χ1n) is 8.16. The van der Waals surface area contributed by atoms with Crippen LogP contribution in [0, 0.1) is 5.82 Å². The molecule has 0 unspecified atom stereocenters. The lowest BCUT2D eigenvalue weighted by molar-refractivity contribution is -0.116. The lowest BCUT2D eigenvalue weighted by Crippen LogP contribution is -2.27. The van der Waals surface area contributed by atoms with E-state index in [-0.39, 0.29) is 12.1 Å². The monoisotopic (exact) mass is 363 g/mol. The minimum atomic E-state index is -0.416. The van der Waals surface area contributed by atoms with Crippen molar-refractivity contribution in [2.75, 3.05) is 5.32 Å². The zero-order chi connectivity index (χ0) is 18.8. The fourth-order valence-electron chi connectivity index (χ4n) is 2.71. The molecule has 8 heteroatoms. The number of hydrogen-bond donors (Lipinski definition) is 1. The Balaban J connectivity index is 1.60. The molecular formula is C19H14FN5O2. The molecule has 0 aliphatic carbocycles. The van der Waals surface area contributed by atoms with Gasteiger partial charge in [-0.1, -0.05) is 18.2 Å². The predicted octanol–water partition coefficient (Wildman–Crippen LogP) is 2.36. The first kappa shape index (κ1) is 16.6. The number of halogens is 1. The minimum absolute atomic E-state index is 0.213. The molecule has 134 valence electrons. The van der Waals surface area contributed by atoms with Gasteiger partial charge in [0.05, 0.1) is 11.9 Å². The van der Waals surface area contributed by atoms with Crippen LogP contribution in [0.3, 0.4) is 0 Å². The molecule has 0 atom stereocenters. The molecule has 1 amide bonds. The van der Waals surface area contributed by atoms with E-state index in [0.29, 0.717) is 16.7 Å². The Labute approximate surface area is 152 Å². The maximum atomic E-state index is 12.9. The first-order chi connectivity index (χ1) is 13.1. The van der Waals surface area contributed by atoms with Crippen LogP contribution in [0.1, 0.15) is 0 Å². The molecule has 0 fully saturated rings. The number of carbonyl (C=O) groups excluding carboxylic acids is 1. The molecule has 0 bridgehead atoms. The van der Waals surface area contributed by atoms with Gasteiger partial charge in [-0.25, -0.2) is 14.1 Å². The Hall–Kier alpha value is -3.81. The summed E-state index contributed by atoms with van der Waals surface area (Å²) in [6.45, 7) is -0.213. The average molecular weight is 363 g/mol. The lowest BCUT2D eigenvalue weighted by atomic mass is 10.3. The van der Waals surface area contributed by atoms with Crippen LogP contribution in [0.25, 0.3) is 16.7 Å². The van der Waals surface area contributed by atoms with Crippen LogP contribution in [-0.4, -0.2) is 25.2 Å². The normalized spacial score (nSPS) is 10.9. The highest BCUT2D eigenvalue weighted by molar-refractivity contribution is 5.90. The molecule has 7 nitrogen and oxygen atoms in total. The molecule has 0 spiro atoms. The smallest absolute Gasteiger partial charge is 0.264 e. The number of aromatic nitrogens is 4. The maximum Gasteiger partial charge on any atom is 0.264 e. The summed E-state index contributed by atoms with van der Waals surface area (Å²) in [5.74, 6) is -0.811. The van der Waals surface area contributed by atoms with Gasteiger partial charge < -0.3 is 5.32 Å². The van der Waals surface area contributed by atoms with Gasteiger partial charge in [-0.05, 0) is 36.4 Å². The summed E-state index contributed by atoms with van der Waals surface area (Å²) in [5, 5.41) is 7.15. The van der Waals surface area contributed by atoms with E-state index < -0.39 is 11.7 Å². The Morgan fingerprint density at radius 3 is 2.56 bits per heavy atom. The molecule has 2 heterocycles. The van der Waals surface area contributed by atoms with Gasteiger partial charge in [0, 0.05) is 5.69 Å². The number of amides is 1. The van der Waals surface area contributed by atoms with Gasteiger partial charge in [0.25, 0.3) is 5.56 Å². The zero-order valence-corrected chi connectivity index (χ0v) is 14.0. The van der Waals surface area contributed by atoms with E-state index >= 15 is 0 Å². The largest absolute Gasteiger partial charge is 0.325 e. The van der Waals surface area contributed by atoms with Crippen molar-refractivity contribution < 1.29 is 9.18 Å². The third kappa shape index (κ3) is 3.32. The van der Waals surface area contributed by atoms with Crippen molar-refractivity contribution in [3.05, 3.63) is 83.3 Å². The number of nitrogens with zero attached hydrogens (tertiary/aromatic N) is 4. The van der Waals surface area contributed by atoms with Crippen LogP contribution in [0.5, 0.6) is 0 Å². The molecule has 2 aromatic heterocycles. The lowest BCUT2D eigenvalue weighted by Gasteiger charge is -2.07. The van der Waals surface area contributed by atoms with Crippen LogP contribution in [0.4, 0.5) is 10.1 Å². The molecular weight excluding hydrogens is 349 g/mol. The summed E-state index contributed by atoms with van der Waals surface area (Å²) in [4.78, 5) is 29.1. The summed E-state index contributed by atoms with van der Waals surface area (Å²) >= 11 is 0. The van der Waals surface area contributed by atoms with Gasteiger partial charge >= 0.3 is 0 Å². The van der Waals surface area contributed by atoms with Gasteiger partial charge in [0.1, 0.15) is 24.1 Å². The van der Waals surface area contributed by atoms with Crippen molar-refractivity contribution in [3.63, 3.8) is 0 Å². The van der Waals surface area contributed by atoms with E-state index in [9.17, 15) is 14.0 Å². The van der Waals surface area contributed by atoms with Crippen molar-refractivity contribution in [2.24, 2.45) is 0 Å². The highest BCUT2D eigenvalue weighted by Crippen LogP contribution is 2.13. The third-order valence-electron chi connectivity index (χ3n) is 4.00. The minimum Gasteiger partial charge on any atom is -0.325 e. The second-order valence-electron chi connectivity index (χ2n) is 5.86. The SMILES string of the molecule is O=C(Cn1cnc2c(cnn2-c2ccccc2)c1=O)Nc1ccc(F)cc1. The fraction of sp³-hybridized carbons (Fsp3) is 0.0526. The summed E-state index contributed by atoms with van der Waals surface area (Å²) in [5.41, 5.74) is 1.28. The Kier molecular flexibility index (Phi) is 4.21. The summed E-state index contributed by atoms with van der Waals surface area (Å²) in [7, 11) is 0. The van der Waals surface area contributed by atoms with Gasteiger partial charge in [-0.2, -0.15) is 5.10 Å². The number of anilines is 1. The van der Waals surface area contributed by atoms with Gasteiger partial charge in [0.15, 0.2) is 5.65 Å². The number of rotatable bonds is 4. The van der Waals surface area contributed by atoms with Crippen LogP contribution in [-0.2, 0) is 11.3 Å². The van der Waals surface area contributed by atoms with Crippen LogP contribution in [0.15, 0.2) is 71.9 Å². The van der Waals surface area contributed by atoms with E-state index in [4.69, 9.17) is 0 Å². The van der Waals surface area contributed by atoms with Gasteiger partial charge in [-0.3, -0.25) is 14.2 Å². The Bertz CT molecular complexity index is 1170. The maximum absolute atomic E-state index is 12.9. The summed E-state index contributed by atoms with van der Waals surface area (Å²) in [6, 6.07) is 14.7. The number of carbonyl (C=O) groups is 1. The van der Waals surface area contributed by atoms with Gasteiger partial charge in [-0.15, -0.1) is 0 Å². The molecule has 0 aliphatic heterocycles. The molecule has 0 saturated carbocycles. The standard InChI is InChI=1S/C19H14FN5O2/c20-13-6-8-14(9-7-13)23-17(26)11-24-12-21-18-16(19(24)27)10-22-25(18)15-4-2-1-3-5-15/h1-10,12H,11H2,(H,23,26). The van der Waals surface area contributed by atoms with E-state index in [1.54, 1.807) is 4.68 Å². The van der Waals surface area contributed by atoms with E-state index in [2.05, 4.69) is 15.4 Å². The highest BCUT2D eigenvalue weighted by Gasteiger charge is 2.13. The molecule has 0 aliphatic rings. The number of hydrogen-bond acceptors (Lipinski definition) is 4. The van der Waals surface area contributed by atoms with Crippen molar-refractivity contribution in [1.82, 2.24) is 19.3 Å². The van der Waals surface area contributed by atoms with Crippen LogP contribution >= 0.6 is 0 Å². The average Bonchev–Trinajstić information content (AvgIpc) is 3.11. The second kappa shape index (κ2) is 6.83. The quantitative estimate of drug-likeness (QED) is 0.603. The predicted molar refractivity (Wildman–Crippen MR) is 98.2 cm³/mol. The Morgan fingerprint density at radius 1 is 1.07 bits per heavy atom. The molecule has 0 radical (unpaired) electrons. The summed E-state index contributed by atoms with van der Waals surface area (Å²) < 4.78 is 15.7. The fourth-order valence-corrected chi connectivity index (χ4v) is 2.71. The molecule has 1 N–H and O–H groups in total. The number of benzene rings is 2. The molecule has 2 aromatic carbocycles. The Morgan fingerprint density at radius 2 is 1.81 bits per heavy atom. The molecule has 0 saturated heterocycles. The topological polar surface area (TPSA) is 81.8 Å². The number of fused-ring (bicyclic) bond motifs is 1. The number of nitrogens with one attached hydrogen (secondary N) is 1. The van der Waals surface area contributed by atoms with Crippen LogP contribution < -0.4 is 10.9 Å². The van der Waals surface area contributed by atoms with Crippen molar-refractivity contribution in [2.45, 2.75) is 6.54 Å².